The minimum Gasteiger partial charge on any atom is -0.0654 e. The van der Waals surface area contributed by atoms with Crippen LogP contribution in [0.1, 0.15) is 66.2 Å². The van der Waals surface area contributed by atoms with Crippen molar-refractivity contribution in [2.24, 2.45) is 23.7 Å². The van der Waals surface area contributed by atoms with Gasteiger partial charge in [-0.15, -0.1) is 0 Å². The van der Waals surface area contributed by atoms with E-state index in [2.05, 4.69) is 27.7 Å². The molecule has 0 nitrogen and oxygen atoms in total. The lowest BCUT2D eigenvalue weighted by molar-refractivity contribution is 0.272. The van der Waals surface area contributed by atoms with Gasteiger partial charge in [-0.1, -0.05) is 53.4 Å². The van der Waals surface area contributed by atoms with E-state index in [4.69, 9.17) is 0 Å². The minimum atomic E-state index is 0.960. The second-order valence-corrected chi connectivity index (χ2v) is 5.42. The molecule has 84 valence electrons. The lowest BCUT2D eigenvalue weighted by Crippen LogP contribution is -2.14. The first-order valence-corrected chi connectivity index (χ1v) is 6.70. The summed E-state index contributed by atoms with van der Waals surface area (Å²) in [5, 5.41) is 0. The van der Waals surface area contributed by atoms with Crippen molar-refractivity contribution in [3.8, 4) is 0 Å². The van der Waals surface area contributed by atoms with E-state index >= 15 is 0 Å². The van der Waals surface area contributed by atoms with Crippen LogP contribution in [0.5, 0.6) is 0 Å². The van der Waals surface area contributed by atoms with Crippen LogP contribution in [0.25, 0.3) is 0 Å². The molecule has 0 spiro atoms. The van der Waals surface area contributed by atoms with Gasteiger partial charge in [-0.3, -0.25) is 0 Å². The highest BCUT2D eigenvalue weighted by atomic mass is 14.5. The normalized spacial score (nSPS) is 30.0. The molecule has 4 atom stereocenters. The van der Waals surface area contributed by atoms with E-state index in [-0.39, 0.29) is 0 Å². The van der Waals surface area contributed by atoms with Gasteiger partial charge in [0.25, 0.3) is 0 Å². The predicted octanol–water partition coefficient (Wildman–Crippen LogP) is 4.89. The summed E-state index contributed by atoms with van der Waals surface area (Å²) in [6.45, 7) is 9.55. The molecule has 0 bridgehead atoms. The van der Waals surface area contributed by atoms with Crippen molar-refractivity contribution in [2.75, 3.05) is 0 Å². The van der Waals surface area contributed by atoms with E-state index in [9.17, 15) is 0 Å². The van der Waals surface area contributed by atoms with Gasteiger partial charge in [0, 0.05) is 0 Å². The molecule has 4 unspecified atom stereocenters. The van der Waals surface area contributed by atoms with Crippen molar-refractivity contribution >= 4 is 0 Å². The lowest BCUT2D eigenvalue weighted by atomic mass is 9.83. The van der Waals surface area contributed by atoms with Gasteiger partial charge >= 0.3 is 0 Å². The zero-order valence-corrected chi connectivity index (χ0v) is 10.6. The zero-order valence-electron chi connectivity index (χ0n) is 10.6. The molecule has 0 aromatic carbocycles. The third kappa shape index (κ3) is 3.29. The maximum atomic E-state index is 2.46. The third-order valence-corrected chi connectivity index (χ3v) is 4.24. The highest BCUT2D eigenvalue weighted by Crippen LogP contribution is 2.48. The quantitative estimate of drug-likeness (QED) is 0.509. The van der Waals surface area contributed by atoms with Gasteiger partial charge in [0.05, 0.1) is 0 Å². The van der Waals surface area contributed by atoms with Gasteiger partial charge in [0.2, 0.25) is 0 Å². The van der Waals surface area contributed by atoms with E-state index in [0.717, 1.165) is 23.7 Å². The van der Waals surface area contributed by atoms with Crippen molar-refractivity contribution in [1.29, 1.82) is 0 Å². The van der Waals surface area contributed by atoms with Gasteiger partial charge in [-0.05, 0) is 36.5 Å². The van der Waals surface area contributed by atoms with E-state index in [1.807, 2.05) is 0 Å². The van der Waals surface area contributed by atoms with Crippen LogP contribution in [0, 0.1) is 23.7 Å². The number of rotatable bonds is 7. The Kier molecular flexibility index (Phi) is 4.98. The maximum absolute atomic E-state index is 2.46. The molecular weight excluding hydrogens is 168 g/mol. The molecule has 1 saturated carbocycles. The van der Waals surface area contributed by atoms with Crippen molar-refractivity contribution in [2.45, 2.75) is 66.2 Å². The average Bonchev–Trinajstić information content (AvgIpc) is 2.89. The molecule has 0 aromatic heterocycles. The molecular formula is C14H28. The molecule has 0 aromatic rings. The first-order chi connectivity index (χ1) is 6.70. The van der Waals surface area contributed by atoms with Crippen molar-refractivity contribution in [3.63, 3.8) is 0 Å². The summed E-state index contributed by atoms with van der Waals surface area (Å²) in [5.41, 5.74) is 0. The zero-order chi connectivity index (χ0) is 10.6. The van der Waals surface area contributed by atoms with Crippen LogP contribution in [0.2, 0.25) is 0 Å². The van der Waals surface area contributed by atoms with Gasteiger partial charge < -0.3 is 0 Å². The molecule has 0 heteroatoms. The van der Waals surface area contributed by atoms with E-state index in [1.165, 1.54) is 38.5 Å². The van der Waals surface area contributed by atoms with Crippen molar-refractivity contribution < 1.29 is 0 Å². The monoisotopic (exact) mass is 196 g/mol. The molecule has 14 heavy (non-hydrogen) atoms. The predicted molar refractivity (Wildman–Crippen MR) is 64.4 cm³/mol. The summed E-state index contributed by atoms with van der Waals surface area (Å²) in [6.07, 6.45) is 8.66. The Balaban J connectivity index is 2.29. The fourth-order valence-electron chi connectivity index (χ4n) is 2.80. The summed E-state index contributed by atoms with van der Waals surface area (Å²) >= 11 is 0. The SMILES string of the molecule is CCCCCC(C(C)CC)C1CC1C. The summed E-state index contributed by atoms with van der Waals surface area (Å²) in [4.78, 5) is 0. The second kappa shape index (κ2) is 5.78. The molecule has 0 radical (unpaired) electrons. The maximum Gasteiger partial charge on any atom is -0.0355 e. The molecule has 0 amide bonds. The summed E-state index contributed by atoms with van der Waals surface area (Å²) in [6, 6.07) is 0. The molecule has 0 heterocycles. The van der Waals surface area contributed by atoms with Crippen LogP contribution in [-0.4, -0.2) is 0 Å². The molecule has 1 rings (SSSR count). The third-order valence-electron chi connectivity index (χ3n) is 4.24. The number of unbranched alkanes of at least 4 members (excludes halogenated alkanes) is 2. The average molecular weight is 196 g/mol. The summed E-state index contributed by atoms with van der Waals surface area (Å²) in [5.74, 6) is 4.13. The molecule has 0 saturated heterocycles. The second-order valence-electron chi connectivity index (χ2n) is 5.42. The topological polar surface area (TPSA) is 0 Å². The fraction of sp³-hybridized carbons (Fsp3) is 1.00. The van der Waals surface area contributed by atoms with Crippen LogP contribution >= 0.6 is 0 Å². The van der Waals surface area contributed by atoms with E-state index < -0.39 is 0 Å². The van der Waals surface area contributed by atoms with Crippen LogP contribution < -0.4 is 0 Å². The Morgan fingerprint density at radius 2 is 1.86 bits per heavy atom. The van der Waals surface area contributed by atoms with E-state index in [1.54, 1.807) is 0 Å². The molecule has 1 fully saturated rings. The Morgan fingerprint density at radius 1 is 1.21 bits per heavy atom. The first kappa shape index (κ1) is 12.1. The summed E-state index contributed by atoms with van der Waals surface area (Å²) < 4.78 is 0. The smallest absolute Gasteiger partial charge is 0.0355 e. The van der Waals surface area contributed by atoms with Crippen LogP contribution in [-0.2, 0) is 0 Å². The Labute approximate surface area is 90.5 Å². The van der Waals surface area contributed by atoms with Crippen molar-refractivity contribution in [1.82, 2.24) is 0 Å². The Hall–Kier alpha value is 0. The molecule has 0 aliphatic heterocycles. The summed E-state index contributed by atoms with van der Waals surface area (Å²) in [7, 11) is 0. The van der Waals surface area contributed by atoms with Gasteiger partial charge in [0.1, 0.15) is 0 Å². The first-order valence-electron chi connectivity index (χ1n) is 6.70. The number of hydrogen-bond donors (Lipinski definition) is 0. The Morgan fingerprint density at radius 3 is 2.29 bits per heavy atom. The lowest BCUT2D eigenvalue weighted by Gasteiger charge is -2.23. The van der Waals surface area contributed by atoms with Gasteiger partial charge in [0.15, 0.2) is 0 Å². The van der Waals surface area contributed by atoms with Crippen LogP contribution in [0.15, 0.2) is 0 Å². The Bertz CT molecular complexity index is 146. The standard InChI is InChI=1S/C14H28/c1-5-7-8-9-13(11(3)6-2)14-10-12(14)4/h11-14H,5-10H2,1-4H3. The van der Waals surface area contributed by atoms with Crippen LogP contribution in [0.4, 0.5) is 0 Å². The molecule has 0 N–H and O–H groups in total. The largest absolute Gasteiger partial charge is 0.0654 e. The highest BCUT2D eigenvalue weighted by Gasteiger charge is 2.40. The minimum absolute atomic E-state index is 0.960. The van der Waals surface area contributed by atoms with Crippen molar-refractivity contribution in [3.05, 3.63) is 0 Å². The highest BCUT2D eigenvalue weighted by molar-refractivity contribution is 4.89. The number of hydrogen-bond acceptors (Lipinski definition) is 0. The molecule has 1 aliphatic carbocycles. The van der Waals surface area contributed by atoms with Crippen LogP contribution in [0.3, 0.4) is 0 Å². The van der Waals surface area contributed by atoms with Gasteiger partial charge in [-0.2, -0.15) is 0 Å². The molecule has 1 aliphatic rings. The fourth-order valence-corrected chi connectivity index (χ4v) is 2.80. The van der Waals surface area contributed by atoms with Gasteiger partial charge in [-0.25, -0.2) is 0 Å². The van der Waals surface area contributed by atoms with E-state index in [0.29, 0.717) is 0 Å².